The van der Waals surface area contributed by atoms with Crippen LogP contribution in [0.25, 0.3) is 0 Å². The molecule has 1 saturated heterocycles. The molecule has 182 valence electrons. The third kappa shape index (κ3) is 5.27. The molecule has 1 aliphatic carbocycles. The number of nitrogens with one attached hydrogen (secondary N) is 2. The van der Waals surface area contributed by atoms with Gasteiger partial charge >= 0.3 is 0 Å². The van der Waals surface area contributed by atoms with Crippen molar-refractivity contribution < 1.29 is 18.0 Å². The predicted octanol–water partition coefficient (Wildman–Crippen LogP) is 3.89. The summed E-state index contributed by atoms with van der Waals surface area (Å²) >= 11 is 0. The first-order chi connectivity index (χ1) is 16.3. The van der Waals surface area contributed by atoms with Crippen LogP contribution in [0.2, 0.25) is 0 Å². The molecule has 0 aromatic heterocycles. The molecule has 1 heterocycles. The summed E-state index contributed by atoms with van der Waals surface area (Å²) in [6, 6.07) is 11.3. The second kappa shape index (κ2) is 10.2. The van der Waals surface area contributed by atoms with Crippen LogP contribution in [0, 0.1) is 0 Å². The van der Waals surface area contributed by atoms with E-state index in [1.807, 2.05) is 19.9 Å². The topological polar surface area (TPSA) is 95.6 Å². The van der Waals surface area contributed by atoms with Crippen molar-refractivity contribution >= 4 is 27.5 Å². The average molecular weight is 484 g/mol. The highest BCUT2D eigenvalue weighted by molar-refractivity contribution is 7.92. The molecule has 1 aliphatic heterocycles. The van der Waals surface area contributed by atoms with Gasteiger partial charge in [0, 0.05) is 23.8 Å². The third-order valence-electron chi connectivity index (χ3n) is 6.81. The van der Waals surface area contributed by atoms with E-state index in [-0.39, 0.29) is 22.8 Å². The van der Waals surface area contributed by atoms with Crippen molar-refractivity contribution in [3.05, 3.63) is 59.2 Å². The largest absolute Gasteiger partial charge is 0.352 e. The Kier molecular flexibility index (Phi) is 7.26. The van der Waals surface area contributed by atoms with Crippen molar-refractivity contribution in [3.8, 4) is 0 Å². The summed E-state index contributed by atoms with van der Waals surface area (Å²) in [5.41, 5.74) is 2.99. The van der Waals surface area contributed by atoms with Gasteiger partial charge in [0.15, 0.2) is 0 Å². The van der Waals surface area contributed by atoms with E-state index in [1.54, 1.807) is 41.3 Å². The minimum absolute atomic E-state index is 0.0476. The number of fused-ring (bicyclic) bond motifs is 1. The van der Waals surface area contributed by atoms with E-state index in [2.05, 4.69) is 10.0 Å². The number of carbonyl (C=O) groups is 2. The monoisotopic (exact) mass is 483 g/mol. The average Bonchev–Trinajstić information content (AvgIpc) is 3.33. The van der Waals surface area contributed by atoms with E-state index < -0.39 is 16.1 Å². The Bertz CT molecular complexity index is 1180. The second-order valence-electron chi connectivity index (χ2n) is 9.30. The van der Waals surface area contributed by atoms with Crippen LogP contribution in [-0.4, -0.2) is 43.8 Å². The summed E-state index contributed by atoms with van der Waals surface area (Å²) < 4.78 is 28.7. The van der Waals surface area contributed by atoms with Crippen LogP contribution in [0.15, 0.2) is 47.4 Å². The van der Waals surface area contributed by atoms with Crippen LogP contribution in [0.5, 0.6) is 0 Å². The maximum absolute atomic E-state index is 13.2. The van der Waals surface area contributed by atoms with E-state index in [1.165, 1.54) is 5.56 Å². The van der Waals surface area contributed by atoms with Crippen molar-refractivity contribution in [2.24, 2.45) is 0 Å². The van der Waals surface area contributed by atoms with Crippen LogP contribution in [-0.2, 0) is 27.7 Å². The molecule has 7 nitrogen and oxygen atoms in total. The van der Waals surface area contributed by atoms with Crippen molar-refractivity contribution in [3.63, 3.8) is 0 Å². The fourth-order valence-corrected chi connectivity index (χ4v) is 5.80. The Morgan fingerprint density at radius 2 is 1.82 bits per heavy atom. The number of anilines is 1. The van der Waals surface area contributed by atoms with Crippen LogP contribution < -0.4 is 10.0 Å². The quantitative estimate of drug-likeness (QED) is 0.625. The Hall–Kier alpha value is -2.87. The number of benzene rings is 2. The van der Waals surface area contributed by atoms with Gasteiger partial charge in [0.1, 0.15) is 6.04 Å². The van der Waals surface area contributed by atoms with E-state index in [0.717, 1.165) is 44.1 Å². The van der Waals surface area contributed by atoms with Gasteiger partial charge in [-0.15, -0.1) is 0 Å². The highest BCUT2D eigenvalue weighted by Gasteiger charge is 2.35. The van der Waals surface area contributed by atoms with Crippen molar-refractivity contribution in [2.45, 2.75) is 75.8 Å². The van der Waals surface area contributed by atoms with Gasteiger partial charge in [-0.05, 0) is 93.3 Å². The first-order valence-corrected chi connectivity index (χ1v) is 13.6. The normalized spacial score (nSPS) is 18.8. The van der Waals surface area contributed by atoms with Crippen molar-refractivity contribution in [1.29, 1.82) is 0 Å². The summed E-state index contributed by atoms with van der Waals surface area (Å²) in [5.74, 6) is -0.402. The summed E-state index contributed by atoms with van der Waals surface area (Å²) in [4.78, 5) is 27.7. The number of amides is 2. The number of hydrogen-bond donors (Lipinski definition) is 2. The Morgan fingerprint density at radius 3 is 2.59 bits per heavy atom. The van der Waals surface area contributed by atoms with E-state index in [9.17, 15) is 18.0 Å². The highest BCUT2D eigenvalue weighted by Crippen LogP contribution is 2.26. The Morgan fingerprint density at radius 1 is 1.06 bits per heavy atom. The maximum Gasteiger partial charge on any atom is 0.261 e. The summed E-state index contributed by atoms with van der Waals surface area (Å²) in [7, 11) is -3.79. The number of aryl methyl sites for hydroxylation is 2. The number of likely N-dealkylation sites (tertiary alicyclic amines) is 1. The molecular weight excluding hydrogens is 450 g/mol. The fourth-order valence-electron chi connectivity index (χ4n) is 4.70. The first-order valence-electron chi connectivity index (χ1n) is 12.1. The highest BCUT2D eigenvalue weighted by atomic mass is 32.2. The van der Waals surface area contributed by atoms with Gasteiger partial charge in [0.25, 0.3) is 15.9 Å². The molecular formula is C26H33N3O4S. The molecule has 2 aromatic carbocycles. The molecule has 2 atom stereocenters. The zero-order valence-corrected chi connectivity index (χ0v) is 20.7. The summed E-state index contributed by atoms with van der Waals surface area (Å²) in [6.45, 7) is 4.44. The van der Waals surface area contributed by atoms with Crippen LogP contribution in [0.3, 0.4) is 0 Å². The van der Waals surface area contributed by atoms with Crippen molar-refractivity contribution in [1.82, 2.24) is 10.2 Å². The van der Waals surface area contributed by atoms with Gasteiger partial charge in [-0.25, -0.2) is 8.42 Å². The lowest BCUT2D eigenvalue weighted by atomic mass is 9.92. The minimum Gasteiger partial charge on any atom is -0.352 e. The smallest absolute Gasteiger partial charge is 0.261 e. The van der Waals surface area contributed by atoms with E-state index in [4.69, 9.17) is 0 Å². The summed E-state index contributed by atoms with van der Waals surface area (Å²) in [5, 5.41) is 2.97. The lowest BCUT2D eigenvalue weighted by Crippen LogP contribution is -2.48. The standard InChI is InChI=1S/C26H33N3O4S/c1-3-18(2)27-25(30)24-12-7-15-29(24)26(31)21-10-6-11-22(16-21)28-34(32,33)23-14-13-19-8-4-5-9-20(19)17-23/h6,10-11,13-14,16-18,24,28H,3-5,7-9,12,15H2,1-2H3,(H,27,30)/t18-,24-/m0/s1. The number of nitrogens with zero attached hydrogens (tertiary/aromatic N) is 1. The van der Waals surface area contributed by atoms with Gasteiger partial charge in [-0.3, -0.25) is 14.3 Å². The molecule has 2 amide bonds. The fraction of sp³-hybridized carbons (Fsp3) is 0.462. The zero-order valence-electron chi connectivity index (χ0n) is 19.8. The van der Waals surface area contributed by atoms with Gasteiger partial charge < -0.3 is 10.2 Å². The lowest BCUT2D eigenvalue weighted by Gasteiger charge is -2.25. The van der Waals surface area contributed by atoms with Crippen LogP contribution in [0.4, 0.5) is 5.69 Å². The van der Waals surface area contributed by atoms with Gasteiger partial charge in [0.05, 0.1) is 4.90 Å². The molecule has 2 aliphatic rings. The van der Waals surface area contributed by atoms with Gasteiger partial charge in [-0.1, -0.05) is 19.1 Å². The lowest BCUT2D eigenvalue weighted by molar-refractivity contribution is -0.125. The van der Waals surface area contributed by atoms with Gasteiger partial charge in [0.2, 0.25) is 5.91 Å². The Labute approximate surface area is 202 Å². The van der Waals surface area contributed by atoms with Crippen molar-refractivity contribution in [2.75, 3.05) is 11.3 Å². The molecule has 0 unspecified atom stereocenters. The number of carbonyl (C=O) groups excluding carboxylic acids is 2. The molecule has 4 rings (SSSR count). The maximum atomic E-state index is 13.2. The predicted molar refractivity (Wildman–Crippen MR) is 132 cm³/mol. The van der Waals surface area contributed by atoms with Crippen LogP contribution >= 0.6 is 0 Å². The molecule has 0 radical (unpaired) electrons. The second-order valence-corrected chi connectivity index (χ2v) is 11.0. The SMILES string of the molecule is CC[C@H](C)NC(=O)[C@@H]1CCCN1C(=O)c1cccc(NS(=O)(=O)c2ccc3c(c2)CCCC3)c1. The van der Waals surface area contributed by atoms with Crippen LogP contribution in [0.1, 0.15) is 67.4 Å². The Balaban J connectivity index is 1.50. The number of sulfonamides is 1. The molecule has 2 N–H and O–H groups in total. The van der Waals surface area contributed by atoms with E-state index >= 15 is 0 Å². The molecule has 34 heavy (non-hydrogen) atoms. The molecule has 0 spiro atoms. The number of hydrogen-bond acceptors (Lipinski definition) is 4. The molecule has 1 fully saturated rings. The molecule has 0 saturated carbocycles. The minimum atomic E-state index is -3.79. The zero-order chi connectivity index (χ0) is 24.3. The number of rotatable bonds is 7. The van der Waals surface area contributed by atoms with Gasteiger partial charge in [-0.2, -0.15) is 0 Å². The summed E-state index contributed by atoms with van der Waals surface area (Å²) in [6.07, 6.45) is 6.28. The molecule has 8 heteroatoms. The van der Waals surface area contributed by atoms with E-state index in [0.29, 0.717) is 24.2 Å². The first kappa shape index (κ1) is 24.3. The molecule has 2 aromatic rings. The molecule has 0 bridgehead atoms. The third-order valence-corrected chi connectivity index (χ3v) is 8.19.